The minimum atomic E-state index is -3.41. The van der Waals surface area contributed by atoms with Crippen molar-refractivity contribution in [3.63, 3.8) is 0 Å². The third kappa shape index (κ3) is 3.52. The molecule has 2 amide bonds. The molecule has 1 heterocycles. The summed E-state index contributed by atoms with van der Waals surface area (Å²) in [5.74, 6) is -1.14. The van der Waals surface area contributed by atoms with Crippen molar-refractivity contribution in [2.75, 3.05) is 18.1 Å². The first kappa shape index (κ1) is 17.1. The predicted octanol–water partition coefficient (Wildman–Crippen LogP) is 1.25. The maximum atomic E-state index is 12.2. The van der Waals surface area contributed by atoms with E-state index in [4.69, 9.17) is 0 Å². The van der Waals surface area contributed by atoms with Crippen LogP contribution in [-0.2, 0) is 9.84 Å². The Morgan fingerprint density at radius 1 is 1.08 bits per heavy atom. The van der Waals surface area contributed by atoms with Gasteiger partial charge < -0.3 is 5.11 Å². The van der Waals surface area contributed by atoms with Gasteiger partial charge >= 0.3 is 0 Å². The molecule has 6 nitrogen and oxygen atoms in total. The molecule has 1 atom stereocenters. The van der Waals surface area contributed by atoms with Gasteiger partial charge in [0.2, 0.25) is 0 Å². The standard InChI is InChI=1S/C17H21NO5S/c19-13(11-24(22,23)10-12-5-1-2-6-12)9-18-16(20)14-7-3-4-8-15(14)17(18)21/h3-4,7-8,12-13,19H,1-2,5-6,9-11H2. The molecule has 1 N–H and O–H groups in total. The van der Waals surface area contributed by atoms with Crippen LogP contribution in [0.2, 0.25) is 0 Å². The summed E-state index contributed by atoms with van der Waals surface area (Å²) in [6.07, 6.45) is 2.66. The molecule has 0 aromatic heterocycles. The van der Waals surface area contributed by atoms with Crippen LogP contribution in [0.15, 0.2) is 24.3 Å². The maximum absolute atomic E-state index is 12.2. The van der Waals surface area contributed by atoms with Gasteiger partial charge in [0, 0.05) is 0 Å². The SMILES string of the molecule is O=C1c2ccccc2C(=O)N1CC(O)CS(=O)(=O)CC1CCCC1. The molecule has 1 aromatic rings. The zero-order valence-corrected chi connectivity index (χ0v) is 14.2. The molecule has 24 heavy (non-hydrogen) atoms. The summed E-state index contributed by atoms with van der Waals surface area (Å²) in [6, 6.07) is 6.43. The van der Waals surface area contributed by atoms with E-state index in [1.165, 1.54) is 0 Å². The lowest BCUT2D eigenvalue weighted by atomic mass is 10.1. The minimum absolute atomic E-state index is 0.0756. The van der Waals surface area contributed by atoms with E-state index >= 15 is 0 Å². The largest absolute Gasteiger partial charge is 0.390 e. The van der Waals surface area contributed by atoms with Gasteiger partial charge in [-0.1, -0.05) is 25.0 Å². The number of rotatable bonds is 6. The molecule has 1 aliphatic carbocycles. The smallest absolute Gasteiger partial charge is 0.261 e. The van der Waals surface area contributed by atoms with Crippen molar-refractivity contribution < 1.29 is 23.1 Å². The molecular formula is C17H21NO5S. The number of sulfone groups is 1. The number of nitrogens with zero attached hydrogens (tertiary/aromatic N) is 1. The van der Waals surface area contributed by atoms with Gasteiger partial charge in [0.05, 0.1) is 35.3 Å². The number of fused-ring (bicyclic) bond motifs is 1. The quantitative estimate of drug-likeness (QED) is 0.779. The van der Waals surface area contributed by atoms with E-state index in [2.05, 4.69) is 0 Å². The van der Waals surface area contributed by atoms with Gasteiger partial charge in [0.15, 0.2) is 9.84 Å². The molecule has 3 rings (SSSR count). The third-order valence-corrected chi connectivity index (χ3v) is 6.55. The molecule has 2 aliphatic rings. The average Bonchev–Trinajstić information content (AvgIpc) is 3.09. The van der Waals surface area contributed by atoms with Crippen molar-refractivity contribution in [3.05, 3.63) is 35.4 Å². The third-order valence-electron chi connectivity index (χ3n) is 4.68. The molecular weight excluding hydrogens is 330 g/mol. The average molecular weight is 351 g/mol. The highest BCUT2D eigenvalue weighted by Gasteiger charge is 2.37. The van der Waals surface area contributed by atoms with Gasteiger partial charge in [-0.2, -0.15) is 0 Å². The summed E-state index contributed by atoms with van der Waals surface area (Å²) < 4.78 is 24.4. The first-order chi connectivity index (χ1) is 11.4. The molecule has 1 aromatic carbocycles. The van der Waals surface area contributed by atoms with Gasteiger partial charge in [-0.15, -0.1) is 0 Å². The number of carbonyl (C=O) groups excluding carboxylic acids is 2. The Morgan fingerprint density at radius 2 is 1.62 bits per heavy atom. The minimum Gasteiger partial charge on any atom is -0.390 e. The normalized spacial score (nSPS) is 19.8. The fourth-order valence-corrected chi connectivity index (χ4v) is 5.45. The van der Waals surface area contributed by atoms with Gasteiger partial charge in [-0.25, -0.2) is 8.42 Å². The van der Waals surface area contributed by atoms with E-state index in [-0.39, 0.29) is 18.2 Å². The topological polar surface area (TPSA) is 91.8 Å². The molecule has 0 radical (unpaired) electrons. The van der Waals surface area contributed by atoms with Crippen LogP contribution in [0.4, 0.5) is 0 Å². The van der Waals surface area contributed by atoms with Gasteiger partial charge in [0.25, 0.3) is 11.8 Å². The maximum Gasteiger partial charge on any atom is 0.261 e. The fourth-order valence-electron chi connectivity index (χ4n) is 3.57. The Morgan fingerprint density at radius 3 is 2.17 bits per heavy atom. The summed E-state index contributed by atoms with van der Waals surface area (Å²) in [5.41, 5.74) is 0.590. The monoisotopic (exact) mass is 351 g/mol. The van der Waals surface area contributed by atoms with E-state index < -0.39 is 33.5 Å². The van der Waals surface area contributed by atoms with Gasteiger partial charge in [-0.3, -0.25) is 14.5 Å². The van der Waals surface area contributed by atoms with Crippen molar-refractivity contribution in [1.29, 1.82) is 0 Å². The van der Waals surface area contributed by atoms with Crippen molar-refractivity contribution in [1.82, 2.24) is 4.90 Å². The van der Waals surface area contributed by atoms with Crippen LogP contribution < -0.4 is 0 Å². The van der Waals surface area contributed by atoms with Crippen LogP contribution >= 0.6 is 0 Å². The Kier molecular flexibility index (Phi) is 4.73. The second-order valence-electron chi connectivity index (χ2n) is 6.65. The summed E-state index contributed by atoms with van der Waals surface area (Å²) >= 11 is 0. The molecule has 1 unspecified atom stereocenters. The molecule has 130 valence electrons. The number of hydrogen-bond acceptors (Lipinski definition) is 5. The lowest BCUT2D eigenvalue weighted by Gasteiger charge is -2.19. The number of imide groups is 1. The summed E-state index contributed by atoms with van der Waals surface area (Å²) in [7, 11) is -3.41. The Bertz CT molecular complexity index is 717. The first-order valence-corrected chi connectivity index (χ1v) is 10.0. The summed E-state index contributed by atoms with van der Waals surface area (Å²) in [4.78, 5) is 25.4. The highest BCUT2D eigenvalue weighted by molar-refractivity contribution is 7.91. The predicted molar refractivity (Wildman–Crippen MR) is 88.4 cm³/mol. The number of carbonyl (C=O) groups is 2. The number of hydrogen-bond donors (Lipinski definition) is 1. The van der Waals surface area contributed by atoms with Crippen LogP contribution in [0.5, 0.6) is 0 Å². The van der Waals surface area contributed by atoms with E-state index in [1.807, 2.05) is 0 Å². The number of amides is 2. The van der Waals surface area contributed by atoms with Crippen LogP contribution in [0.25, 0.3) is 0 Å². The Hall–Kier alpha value is -1.73. The molecule has 1 aliphatic heterocycles. The summed E-state index contributed by atoms with van der Waals surface area (Å²) in [6.45, 7) is -0.295. The van der Waals surface area contributed by atoms with Crippen molar-refractivity contribution in [2.45, 2.75) is 31.8 Å². The van der Waals surface area contributed by atoms with Crippen molar-refractivity contribution in [2.24, 2.45) is 5.92 Å². The second kappa shape index (κ2) is 6.64. The molecule has 0 spiro atoms. The zero-order chi connectivity index (χ0) is 17.3. The molecule has 7 heteroatoms. The molecule has 1 fully saturated rings. The fraction of sp³-hybridized carbons (Fsp3) is 0.529. The zero-order valence-electron chi connectivity index (χ0n) is 13.3. The van der Waals surface area contributed by atoms with Crippen LogP contribution in [0.3, 0.4) is 0 Å². The lowest BCUT2D eigenvalue weighted by molar-refractivity contribution is 0.0565. The van der Waals surface area contributed by atoms with Crippen LogP contribution in [-0.4, -0.2) is 54.4 Å². The number of aliphatic hydroxyl groups excluding tert-OH is 1. The molecule has 0 saturated heterocycles. The van der Waals surface area contributed by atoms with E-state index in [0.29, 0.717) is 11.1 Å². The van der Waals surface area contributed by atoms with Crippen LogP contribution in [0.1, 0.15) is 46.4 Å². The molecule has 0 bridgehead atoms. The first-order valence-electron chi connectivity index (χ1n) is 8.21. The Labute approximate surface area is 141 Å². The van der Waals surface area contributed by atoms with Gasteiger partial charge in [-0.05, 0) is 30.9 Å². The van der Waals surface area contributed by atoms with Crippen LogP contribution in [0, 0.1) is 5.92 Å². The Balaban J connectivity index is 1.62. The highest BCUT2D eigenvalue weighted by Crippen LogP contribution is 2.27. The van der Waals surface area contributed by atoms with Gasteiger partial charge in [0.1, 0.15) is 0 Å². The van der Waals surface area contributed by atoms with Crippen molar-refractivity contribution >= 4 is 21.7 Å². The molecule has 1 saturated carbocycles. The van der Waals surface area contributed by atoms with E-state index in [9.17, 15) is 23.1 Å². The number of β-amino-alcohol motifs (C(OH)–C–C–N with tert-alkyl or cyclic N) is 1. The lowest BCUT2D eigenvalue weighted by Crippen LogP contribution is -2.40. The van der Waals surface area contributed by atoms with Crippen molar-refractivity contribution in [3.8, 4) is 0 Å². The second-order valence-corrected chi connectivity index (χ2v) is 8.80. The van der Waals surface area contributed by atoms with E-state index in [0.717, 1.165) is 30.6 Å². The number of aliphatic hydroxyl groups is 1. The summed E-state index contributed by atoms with van der Waals surface area (Å²) in [5, 5.41) is 10.1. The van der Waals surface area contributed by atoms with E-state index in [1.54, 1.807) is 24.3 Å². The number of benzene rings is 1. The highest BCUT2D eigenvalue weighted by atomic mass is 32.2.